The number of benzene rings is 3. The first-order valence-electron chi connectivity index (χ1n) is 12.3. The highest BCUT2D eigenvalue weighted by molar-refractivity contribution is 6.04. The Morgan fingerprint density at radius 3 is 2.86 bits per heavy atom. The highest BCUT2D eigenvalue weighted by Crippen LogP contribution is 2.25. The molecule has 0 spiro atoms. The number of aryl methyl sites for hydroxylation is 1. The SMILES string of the molecule is Cc1nocc1-c1ccc2c(=O)n(Cc3cccc(C(=O)Nc4ccc5c(c4)CCNC5)c3)ccc2c1. The van der Waals surface area contributed by atoms with Crippen LogP contribution in [0.5, 0.6) is 0 Å². The maximum absolute atomic E-state index is 13.2. The van der Waals surface area contributed by atoms with E-state index >= 15 is 0 Å². The van der Waals surface area contributed by atoms with E-state index in [1.807, 2.05) is 55.5 Å². The van der Waals surface area contributed by atoms with E-state index in [4.69, 9.17) is 4.52 Å². The normalized spacial score (nSPS) is 12.9. The van der Waals surface area contributed by atoms with Crippen LogP contribution in [0.25, 0.3) is 21.9 Å². The van der Waals surface area contributed by atoms with Gasteiger partial charge in [0, 0.05) is 34.9 Å². The topological polar surface area (TPSA) is 89.2 Å². The van der Waals surface area contributed by atoms with Gasteiger partial charge < -0.3 is 19.7 Å². The molecule has 2 aromatic heterocycles. The van der Waals surface area contributed by atoms with Gasteiger partial charge in [0.1, 0.15) is 6.26 Å². The third kappa shape index (κ3) is 4.57. The first-order chi connectivity index (χ1) is 18.0. The monoisotopic (exact) mass is 490 g/mol. The van der Waals surface area contributed by atoms with Crippen molar-refractivity contribution >= 4 is 22.4 Å². The van der Waals surface area contributed by atoms with Crippen LogP contribution in [-0.4, -0.2) is 22.2 Å². The van der Waals surface area contributed by atoms with E-state index in [0.29, 0.717) is 17.5 Å². The average molecular weight is 491 g/mol. The molecule has 7 nitrogen and oxygen atoms in total. The molecule has 37 heavy (non-hydrogen) atoms. The van der Waals surface area contributed by atoms with Crippen LogP contribution in [0.1, 0.15) is 32.7 Å². The summed E-state index contributed by atoms with van der Waals surface area (Å²) in [7, 11) is 0. The Kier molecular flexibility index (Phi) is 5.90. The molecule has 7 heteroatoms. The largest absolute Gasteiger partial charge is 0.364 e. The molecule has 184 valence electrons. The number of carbonyl (C=O) groups excluding carboxylic acids is 1. The van der Waals surface area contributed by atoms with Crippen molar-refractivity contribution < 1.29 is 9.32 Å². The highest BCUT2D eigenvalue weighted by atomic mass is 16.5. The predicted octanol–water partition coefficient (Wildman–Crippen LogP) is 4.91. The minimum absolute atomic E-state index is 0.0792. The van der Waals surface area contributed by atoms with E-state index in [-0.39, 0.29) is 11.5 Å². The maximum Gasteiger partial charge on any atom is 0.258 e. The molecular formula is C30H26N4O3. The summed E-state index contributed by atoms with van der Waals surface area (Å²) in [6.07, 6.45) is 4.37. The van der Waals surface area contributed by atoms with Crippen molar-refractivity contribution in [1.29, 1.82) is 0 Å². The summed E-state index contributed by atoms with van der Waals surface area (Å²) in [4.78, 5) is 26.2. The molecule has 0 bridgehead atoms. The zero-order chi connectivity index (χ0) is 25.4. The number of hydrogen-bond donors (Lipinski definition) is 2. The Bertz CT molecular complexity index is 1700. The van der Waals surface area contributed by atoms with E-state index in [2.05, 4.69) is 27.9 Å². The number of pyridine rings is 1. The fraction of sp³-hybridized carbons (Fsp3) is 0.167. The van der Waals surface area contributed by atoms with Gasteiger partial charge in [-0.2, -0.15) is 0 Å². The van der Waals surface area contributed by atoms with Crippen LogP contribution in [-0.2, 0) is 19.5 Å². The van der Waals surface area contributed by atoms with E-state index in [1.54, 1.807) is 23.1 Å². The summed E-state index contributed by atoms with van der Waals surface area (Å²) < 4.78 is 6.72. The molecule has 0 fully saturated rings. The Balaban J connectivity index is 1.22. The number of anilines is 1. The number of hydrogen-bond acceptors (Lipinski definition) is 5. The fourth-order valence-corrected chi connectivity index (χ4v) is 4.92. The number of nitrogens with zero attached hydrogens (tertiary/aromatic N) is 2. The molecule has 0 atom stereocenters. The smallest absolute Gasteiger partial charge is 0.258 e. The summed E-state index contributed by atoms with van der Waals surface area (Å²) in [6.45, 7) is 4.07. The van der Waals surface area contributed by atoms with Crippen molar-refractivity contribution in [3.05, 3.63) is 117 Å². The van der Waals surface area contributed by atoms with Gasteiger partial charge in [0.05, 0.1) is 12.2 Å². The summed E-state index contributed by atoms with van der Waals surface area (Å²) >= 11 is 0. The van der Waals surface area contributed by atoms with Gasteiger partial charge in [-0.25, -0.2) is 0 Å². The van der Waals surface area contributed by atoms with E-state index in [9.17, 15) is 9.59 Å². The zero-order valence-corrected chi connectivity index (χ0v) is 20.5. The minimum atomic E-state index is -0.168. The Labute approximate surface area is 213 Å². The lowest BCUT2D eigenvalue weighted by Crippen LogP contribution is -2.23. The van der Waals surface area contributed by atoms with Gasteiger partial charge in [0.25, 0.3) is 11.5 Å². The van der Waals surface area contributed by atoms with Gasteiger partial charge in [-0.05, 0) is 90.0 Å². The molecule has 6 rings (SSSR count). The third-order valence-electron chi connectivity index (χ3n) is 6.93. The molecule has 0 saturated heterocycles. The molecule has 3 heterocycles. The molecule has 1 amide bonds. The van der Waals surface area contributed by atoms with Crippen LogP contribution in [0, 0.1) is 6.92 Å². The lowest BCUT2D eigenvalue weighted by Gasteiger charge is -2.18. The molecule has 3 aromatic carbocycles. The first-order valence-corrected chi connectivity index (χ1v) is 12.3. The molecular weight excluding hydrogens is 464 g/mol. The Morgan fingerprint density at radius 2 is 2.00 bits per heavy atom. The summed E-state index contributed by atoms with van der Waals surface area (Å²) in [5, 5.41) is 11.8. The van der Waals surface area contributed by atoms with Crippen molar-refractivity contribution in [2.45, 2.75) is 26.4 Å². The minimum Gasteiger partial charge on any atom is -0.364 e. The Hall–Kier alpha value is -4.49. The second kappa shape index (κ2) is 9.52. The molecule has 2 N–H and O–H groups in total. The number of fused-ring (bicyclic) bond motifs is 2. The molecule has 1 aliphatic rings. The molecule has 0 aliphatic carbocycles. The standard InChI is InChI=1S/C30H26N4O3/c1-19-28(18-37-33-19)22-6-8-27-23(14-22)10-12-34(30(27)36)17-20-3-2-4-24(13-20)29(35)32-26-7-5-25-16-31-11-9-21(25)15-26/h2-8,10,12-15,18,31H,9,11,16-17H2,1H3,(H,32,35). The number of nitrogens with one attached hydrogen (secondary N) is 2. The van der Waals surface area contributed by atoms with Crippen LogP contribution in [0.15, 0.2) is 88.5 Å². The lowest BCUT2D eigenvalue weighted by molar-refractivity contribution is 0.102. The maximum atomic E-state index is 13.2. The van der Waals surface area contributed by atoms with Crippen molar-refractivity contribution in [2.75, 3.05) is 11.9 Å². The van der Waals surface area contributed by atoms with Crippen molar-refractivity contribution in [3.63, 3.8) is 0 Å². The second-order valence-corrected chi connectivity index (χ2v) is 9.43. The van der Waals surface area contributed by atoms with Gasteiger partial charge in [-0.3, -0.25) is 9.59 Å². The van der Waals surface area contributed by atoms with Gasteiger partial charge >= 0.3 is 0 Å². The van der Waals surface area contributed by atoms with Gasteiger partial charge in [0.15, 0.2) is 0 Å². The van der Waals surface area contributed by atoms with Crippen molar-refractivity contribution in [2.24, 2.45) is 0 Å². The van der Waals surface area contributed by atoms with Crippen molar-refractivity contribution in [3.8, 4) is 11.1 Å². The first kappa shape index (κ1) is 22.9. The van der Waals surface area contributed by atoms with Crippen LogP contribution >= 0.6 is 0 Å². The average Bonchev–Trinajstić information content (AvgIpc) is 3.36. The number of aromatic nitrogens is 2. The van der Waals surface area contributed by atoms with Crippen LogP contribution < -0.4 is 16.2 Å². The fourth-order valence-electron chi connectivity index (χ4n) is 4.92. The van der Waals surface area contributed by atoms with Gasteiger partial charge in [-0.15, -0.1) is 0 Å². The second-order valence-electron chi connectivity index (χ2n) is 9.43. The van der Waals surface area contributed by atoms with Crippen molar-refractivity contribution in [1.82, 2.24) is 15.0 Å². The zero-order valence-electron chi connectivity index (χ0n) is 20.5. The summed E-state index contributed by atoms with van der Waals surface area (Å²) in [6, 6.07) is 21.1. The quantitative estimate of drug-likeness (QED) is 0.365. The molecule has 5 aromatic rings. The molecule has 0 saturated carbocycles. The van der Waals surface area contributed by atoms with Gasteiger partial charge in [-0.1, -0.05) is 29.4 Å². The predicted molar refractivity (Wildman–Crippen MR) is 144 cm³/mol. The highest BCUT2D eigenvalue weighted by Gasteiger charge is 2.13. The van der Waals surface area contributed by atoms with E-state index in [1.165, 1.54) is 11.1 Å². The molecule has 0 unspecified atom stereocenters. The number of carbonyl (C=O) groups is 1. The summed E-state index contributed by atoms with van der Waals surface area (Å²) in [5.41, 5.74) is 7.36. The van der Waals surface area contributed by atoms with Gasteiger partial charge in [0.2, 0.25) is 0 Å². The van der Waals surface area contributed by atoms with E-state index < -0.39 is 0 Å². The number of rotatable bonds is 5. The lowest BCUT2D eigenvalue weighted by atomic mass is 10.0. The molecule has 1 aliphatic heterocycles. The Morgan fingerprint density at radius 1 is 1.08 bits per heavy atom. The van der Waals surface area contributed by atoms with Crippen LogP contribution in [0.4, 0.5) is 5.69 Å². The molecule has 0 radical (unpaired) electrons. The van der Waals surface area contributed by atoms with Crippen LogP contribution in [0.3, 0.4) is 0 Å². The number of amides is 1. The summed E-state index contributed by atoms with van der Waals surface area (Å²) in [5.74, 6) is -0.168. The van der Waals surface area contributed by atoms with Crippen LogP contribution in [0.2, 0.25) is 0 Å². The van der Waals surface area contributed by atoms with E-state index in [0.717, 1.165) is 53.0 Å². The third-order valence-corrected chi connectivity index (χ3v) is 6.93.